The van der Waals surface area contributed by atoms with Crippen LogP contribution < -0.4 is 4.72 Å². The topological polar surface area (TPSA) is 78.7 Å². The molecule has 1 aliphatic carbocycles. The van der Waals surface area contributed by atoms with Crippen LogP contribution in [0.5, 0.6) is 0 Å². The van der Waals surface area contributed by atoms with Crippen LogP contribution in [-0.2, 0) is 14.9 Å². The Labute approximate surface area is 144 Å². The summed E-state index contributed by atoms with van der Waals surface area (Å²) in [6.07, 6.45) is 8.59. The number of rotatable bonds is 3. The third-order valence-electron chi connectivity index (χ3n) is 5.10. The molecule has 1 amide bonds. The number of ether oxygens (including phenoxy) is 1. The summed E-state index contributed by atoms with van der Waals surface area (Å²) in [5.74, 6) is 0.830. The van der Waals surface area contributed by atoms with E-state index in [9.17, 15) is 13.2 Å². The molecule has 2 aliphatic heterocycles. The highest BCUT2D eigenvalue weighted by molar-refractivity contribution is 7.88. The first-order valence-corrected chi connectivity index (χ1v) is 10.6. The maximum atomic E-state index is 12.7. The number of nitrogens with one attached hydrogen (secondary N) is 1. The molecule has 136 valence electrons. The maximum Gasteiger partial charge on any atom is 0.424 e. The fourth-order valence-corrected chi connectivity index (χ4v) is 5.11. The molecule has 0 aromatic rings. The van der Waals surface area contributed by atoms with Crippen LogP contribution in [0.25, 0.3) is 0 Å². The predicted octanol–water partition coefficient (Wildman–Crippen LogP) is 1.98. The SMILES string of the molecule is O=C(NS(=O)(=O)N1CCC[N+]2=C1CCCCC2)OC1CCCCC1. The lowest BCUT2D eigenvalue weighted by atomic mass is 9.98. The minimum absolute atomic E-state index is 0.155. The number of carbonyl (C=O) groups is 1. The minimum atomic E-state index is -3.89. The quantitative estimate of drug-likeness (QED) is 0.783. The van der Waals surface area contributed by atoms with Crippen molar-refractivity contribution >= 4 is 22.1 Å². The summed E-state index contributed by atoms with van der Waals surface area (Å²) >= 11 is 0. The molecule has 7 nitrogen and oxygen atoms in total. The Morgan fingerprint density at radius 3 is 2.54 bits per heavy atom. The molecular weight excluding hydrogens is 330 g/mol. The zero-order chi connectivity index (χ0) is 17.0. The number of amides is 1. The molecule has 0 spiro atoms. The molecule has 8 heteroatoms. The van der Waals surface area contributed by atoms with Gasteiger partial charge in [-0.25, -0.2) is 4.79 Å². The highest BCUT2D eigenvalue weighted by Gasteiger charge is 2.39. The van der Waals surface area contributed by atoms with Crippen molar-refractivity contribution in [3.8, 4) is 0 Å². The molecule has 1 saturated carbocycles. The summed E-state index contributed by atoms with van der Waals surface area (Å²) in [5, 5.41) is 0. The molecule has 0 unspecified atom stereocenters. The van der Waals surface area contributed by atoms with Crippen molar-refractivity contribution in [3.05, 3.63) is 0 Å². The first kappa shape index (κ1) is 17.5. The van der Waals surface area contributed by atoms with E-state index in [1.807, 2.05) is 0 Å². The molecule has 1 fully saturated rings. The van der Waals surface area contributed by atoms with Gasteiger partial charge in [0.05, 0.1) is 13.1 Å². The van der Waals surface area contributed by atoms with Crippen LogP contribution >= 0.6 is 0 Å². The van der Waals surface area contributed by atoms with Gasteiger partial charge in [-0.05, 0) is 44.9 Å². The van der Waals surface area contributed by atoms with Crippen LogP contribution in [0.1, 0.15) is 64.2 Å². The van der Waals surface area contributed by atoms with Gasteiger partial charge in [-0.3, -0.25) is 4.58 Å². The van der Waals surface area contributed by atoms with Gasteiger partial charge in [-0.1, -0.05) is 6.42 Å². The van der Waals surface area contributed by atoms with Crippen molar-refractivity contribution in [1.82, 2.24) is 9.03 Å². The molecule has 0 radical (unpaired) electrons. The zero-order valence-electron chi connectivity index (χ0n) is 14.2. The van der Waals surface area contributed by atoms with Crippen molar-refractivity contribution in [2.24, 2.45) is 0 Å². The van der Waals surface area contributed by atoms with Crippen LogP contribution in [-0.4, -0.2) is 55.0 Å². The van der Waals surface area contributed by atoms with Crippen molar-refractivity contribution in [2.75, 3.05) is 19.6 Å². The molecule has 1 N–H and O–H groups in total. The molecule has 0 bridgehead atoms. The van der Waals surface area contributed by atoms with Crippen molar-refractivity contribution in [1.29, 1.82) is 0 Å². The Balaban J connectivity index is 1.66. The van der Waals surface area contributed by atoms with Crippen LogP contribution in [0.3, 0.4) is 0 Å². The van der Waals surface area contributed by atoms with Gasteiger partial charge in [0.15, 0.2) is 0 Å². The summed E-state index contributed by atoms with van der Waals surface area (Å²) in [6.45, 7) is 2.22. The number of nitrogens with zero attached hydrogens (tertiary/aromatic N) is 2. The number of hydrogen-bond donors (Lipinski definition) is 1. The van der Waals surface area contributed by atoms with E-state index in [-0.39, 0.29) is 6.10 Å². The number of hydrogen-bond acceptors (Lipinski definition) is 4. The monoisotopic (exact) mass is 358 g/mol. The van der Waals surface area contributed by atoms with E-state index >= 15 is 0 Å². The second kappa shape index (κ2) is 7.72. The van der Waals surface area contributed by atoms with Gasteiger partial charge in [0.2, 0.25) is 0 Å². The van der Waals surface area contributed by atoms with Crippen molar-refractivity contribution in [2.45, 2.75) is 70.3 Å². The lowest BCUT2D eigenvalue weighted by Gasteiger charge is -2.26. The Morgan fingerprint density at radius 1 is 1.04 bits per heavy atom. The van der Waals surface area contributed by atoms with Gasteiger partial charge >= 0.3 is 16.3 Å². The van der Waals surface area contributed by atoms with Crippen molar-refractivity contribution in [3.63, 3.8) is 0 Å². The summed E-state index contributed by atoms with van der Waals surface area (Å²) in [4.78, 5) is 12.0. The molecule has 24 heavy (non-hydrogen) atoms. The van der Waals surface area contributed by atoms with Crippen molar-refractivity contribution < 1.29 is 22.5 Å². The Morgan fingerprint density at radius 2 is 1.75 bits per heavy atom. The summed E-state index contributed by atoms with van der Waals surface area (Å²) in [5.41, 5.74) is 0. The second-order valence-corrected chi connectivity index (χ2v) is 8.51. The Kier molecular flexibility index (Phi) is 5.63. The first-order chi connectivity index (χ1) is 11.6. The standard InChI is InChI=1S/C16H27N3O4S/c20-16(23-14-8-3-1-4-9-14)17-24(21,22)19-13-7-12-18-11-6-2-5-10-15(18)19/h14H,1-13H2/p+1. The molecule has 3 aliphatic rings. The van der Waals surface area contributed by atoms with E-state index in [0.717, 1.165) is 83.1 Å². The zero-order valence-corrected chi connectivity index (χ0v) is 15.0. The molecule has 2 heterocycles. The van der Waals surface area contributed by atoms with Crippen LogP contribution in [0.2, 0.25) is 0 Å². The minimum Gasteiger partial charge on any atom is -0.445 e. The highest BCUT2D eigenvalue weighted by Crippen LogP contribution is 2.21. The maximum absolute atomic E-state index is 12.7. The van der Waals surface area contributed by atoms with E-state index in [2.05, 4.69) is 9.30 Å². The van der Waals surface area contributed by atoms with E-state index in [4.69, 9.17) is 4.74 Å². The average molecular weight is 358 g/mol. The average Bonchev–Trinajstić information content (AvgIpc) is 2.80. The first-order valence-electron chi connectivity index (χ1n) is 9.18. The molecule has 3 rings (SSSR count). The third kappa shape index (κ3) is 4.20. The smallest absolute Gasteiger partial charge is 0.424 e. The normalized spacial score (nSPS) is 23.4. The van der Waals surface area contributed by atoms with Crippen LogP contribution in [0, 0.1) is 0 Å². The van der Waals surface area contributed by atoms with Gasteiger partial charge in [0.25, 0.3) is 5.84 Å². The molecular formula is C16H28N3O4S+. The Hall–Kier alpha value is -1.31. The number of carbonyl (C=O) groups excluding carboxylic acids is 1. The molecule has 0 saturated heterocycles. The largest absolute Gasteiger partial charge is 0.445 e. The van der Waals surface area contributed by atoms with Gasteiger partial charge in [-0.15, -0.1) is 4.31 Å². The van der Waals surface area contributed by atoms with E-state index in [0.29, 0.717) is 6.54 Å². The summed E-state index contributed by atoms with van der Waals surface area (Å²) < 4.78 is 36.3. The fraction of sp³-hybridized carbons (Fsp3) is 0.875. The summed E-state index contributed by atoms with van der Waals surface area (Å²) in [7, 11) is -3.89. The molecule has 0 atom stereocenters. The molecule has 0 aromatic heterocycles. The Bertz CT molecular complexity index is 596. The molecule has 0 aromatic carbocycles. The van der Waals surface area contributed by atoms with Crippen LogP contribution in [0.15, 0.2) is 0 Å². The van der Waals surface area contributed by atoms with Gasteiger partial charge in [0.1, 0.15) is 12.6 Å². The summed E-state index contributed by atoms with van der Waals surface area (Å²) in [6, 6.07) is 0. The van der Waals surface area contributed by atoms with Crippen LogP contribution in [0.4, 0.5) is 4.79 Å². The lowest BCUT2D eigenvalue weighted by molar-refractivity contribution is -0.537. The second-order valence-electron chi connectivity index (χ2n) is 6.91. The van der Waals surface area contributed by atoms with Gasteiger partial charge < -0.3 is 4.74 Å². The van der Waals surface area contributed by atoms with Gasteiger partial charge in [-0.2, -0.15) is 13.1 Å². The predicted molar refractivity (Wildman–Crippen MR) is 90.2 cm³/mol. The van der Waals surface area contributed by atoms with Gasteiger partial charge in [0, 0.05) is 12.8 Å². The lowest BCUT2D eigenvalue weighted by Crippen LogP contribution is -2.52. The highest BCUT2D eigenvalue weighted by atomic mass is 32.2. The van der Waals surface area contributed by atoms with E-state index in [1.165, 1.54) is 4.31 Å². The van der Waals surface area contributed by atoms with E-state index in [1.54, 1.807) is 0 Å². The van der Waals surface area contributed by atoms with E-state index < -0.39 is 16.3 Å². The third-order valence-corrected chi connectivity index (χ3v) is 6.50. The number of amidine groups is 1. The fourth-order valence-electron chi connectivity index (χ4n) is 3.88.